The summed E-state index contributed by atoms with van der Waals surface area (Å²) in [5.41, 5.74) is 5.95. The van der Waals surface area contributed by atoms with Gasteiger partial charge in [0, 0.05) is 12.0 Å². The lowest BCUT2D eigenvalue weighted by atomic mass is 9.76. The number of rotatable bonds is 6. The van der Waals surface area contributed by atoms with Gasteiger partial charge in [0.2, 0.25) is 0 Å². The first-order chi connectivity index (χ1) is 13.3. The van der Waals surface area contributed by atoms with Crippen molar-refractivity contribution in [1.29, 1.82) is 0 Å². The minimum Gasteiger partial charge on any atom is -0.303 e. The van der Waals surface area contributed by atoms with Crippen molar-refractivity contribution in [2.45, 2.75) is 37.6 Å². The third-order valence-corrected chi connectivity index (χ3v) is 6.04. The van der Waals surface area contributed by atoms with Gasteiger partial charge in [-0.2, -0.15) is 0 Å². The fourth-order valence-electron chi connectivity index (χ4n) is 4.49. The van der Waals surface area contributed by atoms with Gasteiger partial charge in [0.05, 0.1) is 0 Å². The summed E-state index contributed by atoms with van der Waals surface area (Å²) in [5, 5.41) is 0. The van der Waals surface area contributed by atoms with E-state index in [1.165, 1.54) is 41.5 Å². The van der Waals surface area contributed by atoms with Gasteiger partial charge < -0.3 is 4.90 Å². The topological polar surface area (TPSA) is 3.24 Å². The molecule has 0 saturated heterocycles. The Morgan fingerprint density at radius 1 is 0.815 bits per heavy atom. The molecule has 1 nitrogen and oxygen atoms in total. The molecule has 0 aliphatic heterocycles. The van der Waals surface area contributed by atoms with E-state index < -0.39 is 0 Å². The van der Waals surface area contributed by atoms with Crippen LogP contribution in [0.4, 0.5) is 0 Å². The lowest BCUT2D eigenvalue weighted by Crippen LogP contribution is -2.38. The average Bonchev–Trinajstić information content (AvgIpc) is 2.74. The van der Waals surface area contributed by atoms with Crippen LogP contribution >= 0.6 is 0 Å². The number of hydrogen-bond acceptors (Lipinski definition) is 1. The molecule has 0 unspecified atom stereocenters. The first-order valence-electron chi connectivity index (χ1n) is 10.2. The molecule has 0 heterocycles. The molecular weight excluding hydrogens is 326 g/mol. The Balaban J connectivity index is 1.46. The van der Waals surface area contributed by atoms with Gasteiger partial charge in [0.1, 0.15) is 0 Å². The van der Waals surface area contributed by atoms with Crippen molar-refractivity contribution in [2.75, 3.05) is 13.6 Å². The second kappa shape index (κ2) is 8.54. The van der Waals surface area contributed by atoms with Crippen LogP contribution in [0.2, 0.25) is 0 Å². The molecular formula is C26H29N. The number of benzene rings is 3. The second-order valence-corrected chi connectivity index (χ2v) is 7.83. The fraction of sp³-hybridized carbons (Fsp3) is 0.308. The number of nitrogens with zero attached hydrogens (tertiary/aromatic N) is 1. The van der Waals surface area contributed by atoms with Crippen molar-refractivity contribution < 1.29 is 0 Å². The third kappa shape index (κ3) is 4.31. The van der Waals surface area contributed by atoms with E-state index >= 15 is 0 Å². The molecule has 27 heavy (non-hydrogen) atoms. The molecule has 1 aliphatic rings. The molecule has 3 aromatic carbocycles. The summed E-state index contributed by atoms with van der Waals surface area (Å²) in [7, 11) is 2.31. The van der Waals surface area contributed by atoms with Crippen LogP contribution in [-0.4, -0.2) is 24.5 Å². The van der Waals surface area contributed by atoms with Crippen LogP contribution in [-0.2, 0) is 12.8 Å². The minimum atomic E-state index is 0.512. The van der Waals surface area contributed by atoms with Gasteiger partial charge in [-0.05, 0) is 61.5 Å². The molecule has 0 saturated carbocycles. The van der Waals surface area contributed by atoms with E-state index in [1.807, 2.05) is 0 Å². The molecule has 1 heteroatoms. The quantitative estimate of drug-likeness (QED) is 0.548. The maximum absolute atomic E-state index is 2.59. The maximum Gasteiger partial charge on any atom is 0.0142 e. The van der Waals surface area contributed by atoms with Crippen molar-refractivity contribution >= 4 is 0 Å². The summed E-state index contributed by atoms with van der Waals surface area (Å²) < 4.78 is 0. The van der Waals surface area contributed by atoms with E-state index in [-0.39, 0.29) is 0 Å². The Morgan fingerprint density at radius 3 is 2.26 bits per heavy atom. The van der Waals surface area contributed by atoms with E-state index in [9.17, 15) is 0 Å². The molecule has 2 atom stereocenters. The van der Waals surface area contributed by atoms with Gasteiger partial charge in [0.15, 0.2) is 0 Å². The van der Waals surface area contributed by atoms with Gasteiger partial charge in [0.25, 0.3) is 0 Å². The molecule has 4 rings (SSSR count). The summed E-state index contributed by atoms with van der Waals surface area (Å²) >= 11 is 0. The third-order valence-electron chi connectivity index (χ3n) is 6.04. The van der Waals surface area contributed by atoms with Crippen LogP contribution in [0, 0.1) is 0 Å². The largest absolute Gasteiger partial charge is 0.303 e. The summed E-state index contributed by atoms with van der Waals surface area (Å²) in [5.74, 6) is 0.512. The molecule has 0 aromatic heterocycles. The molecule has 1 aliphatic carbocycles. The van der Waals surface area contributed by atoms with Crippen LogP contribution in [0.3, 0.4) is 0 Å². The van der Waals surface area contributed by atoms with Gasteiger partial charge >= 0.3 is 0 Å². The number of hydrogen-bond donors (Lipinski definition) is 0. The zero-order valence-corrected chi connectivity index (χ0v) is 16.2. The van der Waals surface area contributed by atoms with Crippen LogP contribution < -0.4 is 0 Å². The smallest absolute Gasteiger partial charge is 0.0142 e. The van der Waals surface area contributed by atoms with Crippen molar-refractivity contribution in [3.63, 3.8) is 0 Å². The van der Waals surface area contributed by atoms with Crippen molar-refractivity contribution in [3.8, 4) is 0 Å². The van der Waals surface area contributed by atoms with Gasteiger partial charge in [-0.25, -0.2) is 0 Å². The van der Waals surface area contributed by atoms with Crippen molar-refractivity contribution in [1.82, 2.24) is 4.90 Å². The van der Waals surface area contributed by atoms with E-state index in [0.29, 0.717) is 12.0 Å². The first-order valence-corrected chi connectivity index (χ1v) is 10.2. The number of fused-ring (bicyclic) bond motifs is 1. The Kier molecular flexibility index (Phi) is 5.69. The molecule has 138 valence electrons. The lowest BCUT2D eigenvalue weighted by molar-refractivity contribution is 0.212. The first kappa shape index (κ1) is 18.0. The molecule has 0 fully saturated rings. The van der Waals surface area contributed by atoms with Crippen LogP contribution in [0.15, 0.2) is 84.9 Å². The predicted octanol–water partition coefficient (Wildman–Crippen LogP) is 5.70. The maximum atomic E-state index is 2.59. The van der Waals surface area contributed by atoms with Crippen molar-refractivity contribution in [2.24, 2.45) is 0 Å². The van der Waals surface area contributed by atoms with Gasteiger partial charge in [-0.1, -0.05) is 84.9 Å². The number of likely N-dealkylation sites (N-methyl/N-ethyl adjacent to an activating group) is 1. The Hall–Kier alpha value is -2.38. The predicted molar refractivity (Wildman–Crippen MR) is 114 cm³/mol. The minimum absolute atomic E-state index is 0.512. The van der Waals surface area contributed by atoms with Gasteiger partial charge in [-0.15, -0.1) is 0 Å². The highest BCUT2D eigenvalue weighted by atomic mass is 15.1. The zero-order chi connectivity index (χ0) is 18.5. The van der Waals surface area contributed by atoms with E-state index in [0.717, 1.165) is 13.0 Å². The Labute approximate surface area is 163 Å². The summed E-state index contributed by atoms with van der Waals surface area (Å²) in [4.78, 5) is 2.59. The normalized spacial score (nSPS) is 19.0. The van der Waals surface area contributed by atoms with E-state index in [1.54, 1.807) is 0 Å². The Bertz CT molecular complexity index is 840. The lowest BCUT2D eigenvalue weighted by Gasteiger charge is -2.37. The van der Waals surface area contributed by atoms with Crippen LogP contribution in [0.5, 0.6) is 0 Å². The molecule has 0 spiro atoms. The average molecular weight is 356 g/mol. The highest BCUT2D eigenvalue weighted by molar-refractivity contribution is 5.41. The molecule has 0 radical (unpaired) electrons. The molecule has 0 amide bonds. The highest BCUT2D eigenvalue weighted by Gasteiger charge is 2.29. The highest BCUT2D eigenvalue weighted by Crippen LogP contribution is 2.38. The summed E-state index contributed by atoms with van der Waals surface area (Å²) in [6.45, 7) is 1.16. The Morgan fingerprint density at radius 2 is 1.48 bits per heavy atom. The summed E-state index contributed by atoms with van der Waals surface area (Å²) in [6.07, 6.45) is 4.76. The zero-order valence-electron chi connectivity index (χ0n) is 16.2. The van der Waals surface area contributed by atoms with E-state index in [2.05, 4.69) is 96.9 Å². The SMILES string of the molecule is CN(CCCc1ccccc1)[C@@H]1Cc2ccccc2[C@@H](c2ccccc2)C1. The van der Waals surface area contributed by atoms with Crippen molar-refractivity contribution in [3.05, 3.63) is 107 Å². The second-order valence-electron chi connectivity index (χ2n) is 7.83. The standard InChI is InChI=1S/C26H29N/c1-27(18-10-13-21-11-4-2-5-12-21)24-19-23-16-8-9-17-25(23)26(20-24)22-14-6-3-7-15-22/h2-9,11-12,14-17,24,26H,10,13,18-20H2,1H3/t24-,26-/m1/s1. The number of aryl methyl sites for hydroxylation is 1. The van der Waals surface area contributed by atoms with E-state index in [4.69, 9.17) is 0 Å². The van der Waals surface area contributed by atoms with Crippen LogP contribution in [0.1, 0.15) is 41.0 Å². The molecule has 0 bridgehead atoms. The van der Waals surface area contributed by atoms with Gasteiger partial charge in [-0.3, -0.25) is 0 Å². The fourth-order valence-corrected chi connectivity index (χ4v) is 4.49. The molecule has 0 N–H and O–H groups in total. The summed E-state index contributed by atoms with van der Waals surface area (Å²) in [6, 6.07) is 31.6. The molecule has 3 aromatic rings. The van der Waals surface area contributed by atoms with Crippen LogP contribution in [0.25, 0.3) is 0 Å². The monoisotopic (exact) mass is 355 g/mol.